The van der Waals surface area contributed by atoms with Crippen LogP contribution < -0.4 is 5.56 Å². The molecule has 0 unspecified atom stereocenters. The molecule has 3 aromatic rings. The number of benzene rings is 1. The molecule has 7 nitrogen and oxygen atoms in total. The van der Waals surface area contributed by atoms with Crippen LogP contribution in [0.25, 0.3) is 22.3 Å². The minimum atomic E-state index is -1.29. The Morgan fingerprint density at radius 2 is 1.80 bits per heavy atom. The second-order valence-corrected chi connectivity index (χ2v) is 8.45. The molecule has 0 spiro atoms. The largest absolute Gasteiger partial charge is 0.508 e. The number of aromatic hydroxyl groups is 1. The summed E-state index contributed by atoms with van der Waals surface area (Å²) in [6, 6.07) is 6.98. The molecule has 0 amide bonds. The Morgan fingerprint density at radius 1 is 1.11 bits per heavy atom. The van der Waals surface area contributed by atoms with Crippen molar-refractivity contribution in [2.24, 2.45) is 0 Å². The van der Waals surface area contributed by atoms with E-state index in [4.69, 9.17) is 14.5 Å². The summed E-state index contributed by atoms with van der Waals surface area (Å²) in [6.45, 7) is 12.5. The van der Waals surface area contributed by atoms with E-state index in [9.17, 15) is 14.7 Å². The zero-order chi connectivity index (χ0) is 25.9. The van der Waals surface area contributed by atoms with E-state index < -0.39 is 11.6 Å². The molecule has 2 aliphatic rings. The first-order valence-electron chi connectivity index (χ1n) is 12.5. The molecular weight excluding hydrogens is 444 g/mol. The van der Waals surface area contributed by atoms with Crippen LogP contribution in [0, 0.1) is 0 Å². The zero-order valence-corrected chi connectivity index (χ0v) is 21.8. The Hall–Kier alpha value is -3.19. The van der Waals surface area contributed by atoms with E-state index in [0.29, 0.717) is 29.8 Å². The molecule has 188 valence electrons. The van der Waals surface area contributed by atoms with Gasteiger partial charge < -0.3 is 19.1 Å². The van der Waals surface area contributed by atoms with Crippen LogP contribution in [0.4, 0.5) is 0 Å². The average Bonchev–Trinajstić information content (AvgIpc) is 3.23. The van der Waals surface area contributed by atoms with Crippen molar-refractivity contribution < 1.29 is 19.4 Å². The SMILES string of the molecule is CC.CCC.CCc1c2c(nc3ccc(O)cc13)-c1cc3c(c(=O)n1C2)COC(=O)[C@@]3(CC)OC. The predicted octanol–water partition coefficient (Wildman–Crippen LogP) is 5.44. The van der Waals surface area contributed by atoms with Crippen molar-refractivity contribution in [3.63, 3.8) is 0 Å². The second-order valence-electron chi connectivity index (χ2n) is 8.45. The zero-order valence-electron chi connectivity index (χ0n) is 21.8. The highest BCUT2D eigenvalue weighted by Gasteiger charge is 2.47. The van der Waals surface area contributed by atoms with E-state index in [-0.39, 0.29) is 17.9 Å². The quantitative estimate of drug-likeness (QED) is 0.393. The number of phenols is 1. The van der Waals surface area contributed by atoms with E-state index in [1.165, 1.54) is 13.5 Å². The number of methoxy groups -OCH3 is 1. The number of nitrogens with zero attached hydrogens (tertiary/aromatic N) is 2. The van der Waals surface area contributed by atoms with Crippen LogP contribution >= 0.6 is 0 Å². The van der Waals surface area contributed by atoms with E-state index in [2.05, 4.69) is 20.8 Å². The summed E-state index contributed by atoms with van der Waals surface area (Å²) in [7, 11) is 1.46. The topological polar surface area (TPSA) is 90.7 Å². The summed E-state index contributed by atoms with van der Waals surface area (Å²) in [6.07, 6.45) is 2.35. The first kappa shape index (κ1) is 26.4. The smallest absolute Gasteiger partial charge is 0.343 e. The standard InChI is InChI=1S/C23H22N2O5.C3H8.C2H6/c1-4-13-14-8-12(26)6-7-18(14)24-20-15(13)10-25-19(20)9-17-16(21(25)27)11-30-22(28)23(17,5-2)29-3;1-3-2;1-2/h6-9,26H,4-5,10-11H2,1-3H3;3H2,1-2H3;1-2H3/t23-;;/m0../s1. The molecule has 0 bridgehead atoms. The van der Waals surface area contributed by atoms with Gasteiger partial charge in [-0.1, -0.05) is 48.0 Å². The Labute approximate surface area is 206 Å². The van der Waals surface area contributed by atoms with Gasteiger partial charge in [-0.05, 0) is 42.7 Å². The third kappa shape index (κ3) is 4.12. The van der Waals surface area contributed by atoms with Gasteiger partial charge in [-0.3, -0.25) is 4.79 Å². The molecule has 35 heavy (non-hydrogen) atoms. The van der Waals surface area contributed by atoms with Gasteiger partial charge in [0.15, 0.2) is 5.60 Å². The molecule has 5 rings (SSSR count). The van der Waals surface area contributed by atoms with Crippen molar-refractivity contribution in [2.45, 2.75) is 79.6 Å². The van der Waals surface area contributed by atoms with E-state index >= 15 is 0 Å². The van der Waals surface area contributed by atoms with Crippen molar-refractivity contribution in [2.75, 3.05) is 7.11 Å². The molecule has 1 atom stereocenters. The van der Waals surface area contributed by atoms with E-state index in [0.717, 1.165) is 34.1 Å². The van der Waals surface area contributed by atoms with Crippen LogP contribution in [-0.2, 0) is 39.4 Å². The average molecular weight is 481 g/mol. The van der Waals surface area contributed by atoms with Gasteiger partial charge in [-0.2, -0.15) is 0 Å². The van der Waals surface area contributed by atoms with Crippen LogP contribution in [0.5, 0.6) is 5.75 Å². The lowest BCUT2D eigenvalue weighted by Crippen LogP contribution is -2.45. The summed E-state index contributed by atoms with van der Waals surface area (Å²) in [4.78, 5) is 30.8. The van der Waals surface area contributed by atoms with Crippen molar-refractivity contribution in [3.8, 4) is 17.1 Å². The van der Waals surface area contributed by atoms with Crippen molar-refractivity contribution in [1.29, 1.82) is 0 Å². The number of carbonyl (C=O) groups is 1. The molecule has 2 aromatic heterocycles. The normalized spacial score (nSPS) is 17.3. The van der Waals surface area contributed by atoms with Gasteiger partial charge in [0.05, 0.1) is 29.0 Å². The number of rotatable bonds is 3. The molecule has 0 radical (unpaired) electrons. The lowest BCUT2D eigenvalue weighted by Gasteiger charge is -2.34. The molecule has 2 aliphatic heterocycles. The van der Waals surface area contributed by atoms with Gasteiger partial charge >= 0.3 is 5.97 Å². The monoisotopic (exact) mass is 480 g/mol. The first-order valence-corrected chi connectivity index (χ1v) is 12.5. The number of phenolic OH excluding ortho intramolecular Hbond substituents is 1. The lowest BCUT2D eigenvalue weighted by molar-refractivity contribution is -0.176. The number of carbonyl (C=O) groups excluding carboxylic acids is 1. The minimum absolute atomic E-state index is 0.0569. The van der Waals surface area contributed by atoms with Crippen LogP contribution in [0.1, 0.15) is 76.6 Å². The van der Waals surface area contributed by atoms with Gasteiger partial charge in [0, 0.05) is 23.6 Å². The predicted molar refractivity (Wildman–Crippen MR) is 138 cm³/mol. The van der Waals surface area contributed by atoms with Crippen LogP contribution in [0.2, 0.25) is 0 Å². The summed E-state index contributed by atoms with van der Waals surface area (Å²) in [5.41, 5.74) is 3.77. The van der Waals surface area contributed by atoms with Gasteiger partial charge in [-0.15, -0.1) is 0 Å². The number of fused-ring (bicyclic) bond motifs is 5. The molecule has 4 heterocycles. The molecule has 0 saturated heterocycles. The Morgan fingerprint density at radius 3 is 2.40 bits per heavy atom. The molecule has 0 fully saturated rings. The van der Waals surface area contributed by atoms with Crippen molar-refractivity contribution >= 4 is 16.9 Å². The molecule has 1 N–H and O–H groups in total. The van der Waals surface area contributed by atoms with E-state index in [1.807, 2.05) is 26.8 Å². The second kappa shape index (κ2) is 10.6. The fourth-order valence-electron chi connectivity index (χ4n) is 4.88. The summed E-state index contributed by atoms with van der Waals surface area (Å²) in [5, 5.41) is 10.8. The van der Waals surface area contributed by atoms with Crippen LogP contribution in [0.3, 0.4) is 0 Å². The third-order valence-corrected chi connectivity index (χ3v) is 6.46. The maximum absolute atomic E-state index is 13.4. The molecule has 7 heteroatoms. The lowest BCUT2D eigenvalue weighted by atomic mass is 9.85. The number of cyclic esters (lactones) is 1. The van der Waals surface area contributed by atoms with E-state index in [1.54, 1.807) is 22.8 Å². The Kier molecular flexibility index (Phi) is 8.00. The van der Waals surface area contributed by atoms with Crippen LogP contribution in [0.15, 0.2) is 29.1 Å². The van der Waals surface area contributed by atoms with Crippen LogP contribution in [-0.4, -0.2) is 27.7 Å². The van der Waals surface area contributed by atoms with Gasteiger partial charge in [0.1, 0.15) is 12.4 Å². The van der Waals surface area contributed by atoms with Gasteiger partial charge in [0.2, 0.25) is 0 Å². The Balaban J connectivity index is 0.000000638. The summed E-state index contributed by atoms with van der Waals surface area (Å²) in [5.74, 6) is -0.288. The maximum Gasteiger partial charge on any atom is 0.343 e. The van der Waals surface area contributed by atoms with Crippen molar-refractivity contribution in [3.05, 3.63) is 56.9 Å². The number of hydrogen-bond donors (Lipinski definition) is 1. The number of aryl methyl sites for hydroxylation is 1. The van der Waals surface area contributed by atoms with Gasteiger partial charge in [0.25, 0.3) is 5.56 Å². The Bertz CT molecular complexity index is 1310. The fourth-order valence-corrected chi connectivity index (χ4v) is 4.88. The number of ether oxygens (including phenoxy) is 2. The number of hydrogen-bond acceptors (Lipinski definition) is 6. The van der Waals surface area contributed by atoms with Gasteiger partial charge in [-0.25, -0.2) is 9.78 Å². The highest BCUT2D eigenvalue weighted by Crippen LogP contribution is 2.41. The number of pyridine rings is 2. The number of aromatic nitrogens is 2. The number of esters is 1. The molecular formula is C28H36N2O5. The third-order valence-electron chi connectivity index (χ3n) is 6.46. The molecule has 0 aliphatic carbocycles. The maximum atomic E-state index is 13.4. The van der Waals surface area contributed by atoms with Crippen molar-refractivity contribution in [1.82, 2.24) is 9.55 Å². The molecule has 0 saturated carbocycles. The fraction of sp³-hybridized carbons (Fsp3) is 0.464. The first-order chi connectivity index (χ1) is 16.9. The summed E-state index contributed by atoms with van der Waals surface area (Å²) >= 11 is 0. The highest BCUT2D eigenvalue weighted by molar-refractivity contribution is 5.90. The summed E-state index contributed by atoms with van der Waals surface area (Å²) < 4.78 is 12.6. The molecule has 1 aromatic carbocycles. The minimum Gasteiger partial charge on any atom is -0.508 e. The highest BCUT2D eigenvalue weighted by atomic mass is 16.6.